The molecule has 2 rings (SSSR count). The Morgan fingerprint density at radius 2 is 2.14 bits per heavy atom. The highest BCUT2D eigenvalue weighted by molar-refractivity contribution is 9.10. The minimum Gasteiger partial charge on any atom is -0.481 e. The third-order valence-electron chi connectivity index (χ3n) is 3.48. The first-order valence-electron chi connectivity index (χ1n) is 6.42. The first kappa shape index (κ1) is 15.6. The standard InChI is InChI=1S/C13H15BrN2O5/c1-7-5-16(6-8(7)13(19)20)11(17)4-15-12(18)9-2-3-10(14)21-9/h2-3,7-8H,4-6H2,1H3,(H,15,18)(H,19,20)/t7-,8-/m1/s1. The van der Waals surface area contributed by atoms with E-state index in [4.69, 9.17) is 9.52 Å². The van der Waals surface area contributed by atoms with E-state index in [2.05, 4.69) is 21.2 Å². The number of aliphatic carboxylic acids is 1. The second-order valence-electron chi connectivity index (χ2n) is 5.01. The molecule has 8 heteroatoms. The van der Waals surface area contributed by atoms with Crippen molar-refractivity contribution in [2.24, 2.45) is 11.8 Å². The number of halogens is 1. The van der Waals surface area contributed by atoms with Gasteiger partial charge in [-0.15, -0.1) is 0 Å². The normalized spacial score (nSPS) is 21.3. The lowest BCUT2D eigenvalue weighted by Crippen LogP contribution is -2.39. The van der Waals surface area contributed by atoms with E-state index < -0.39 is 17.8 Å². The average molecular weight is 359 g/mol. The number of nitrogens with one attached hydrogen (secondary N) is 1. The molecule has 0 aromatic carbocycles. The van der Waals surface area contributed by atoms with Crippen LogP contribution in [0.3, 0.4) is 0 Å². The van der Waals surface area contributed by atoms with Crippen molar-refractivity contribution in [3.05, 3.63) is 22.6 Å². The Morgan fingerprint density at radius 1 is 1.43 bits per heavy atom. The fourth-order valence-corrected chi connectivity index (χ4v) is 2.59. The van der Waals surface area contributed by atoms with Crippen LogP contribution in [0, 0.1) is 11.8 Å². The summed E-state index contributed by atoms with van der Waals surface area (Å²) in [4.78, 5) is 36.2. The lowest BCUT2D eigenvalue weighted by atomic mass is 9.99. The molecule has 0 spiro atoms. The summed E-state index contributed by atoms with van der Waals surface area (Å²) < 4.78 is 5.50. The van der Waals surface area contributed by atoms with Gasteiger partial charge in [0.1, 0.15) is 0 Å². The van der Waals surface area contributed by atoms with Crippen molar-refractivity contribution in [3.63, 3.8) is 0 Å². The van der Waals surface area contributed by atoms with Crippen molar-refractivity contribution in [3.8, 4) is 0 Å². The van der Waals surface area contributed by atoms with Crippen LogP contribution in [0.25, 0.3) is 0 Å². The van der Waals surface area contributed by atoms with Crippen LogP contribution < -0.4 is 5.32 Å². The van der Waals surface area contributed by atoms with E-state index in [1.807, 2.05) is 0 Å². The van der Waals surface area contributed by atoms with Crippen LogP contribution >= 0.6 is 15.9 Å². The molecule has 1 saturated heterocycles. The van der Waals surface area contributed by atoms with Crippen molar-refractivity contribution in [2.45, 2.75) is 6.92 Å². The molecule has 7 nitrogen and oxygen atoms in total. The molecule has 0 aliphatic carbocycles. The fraction of sp³-hybridized carbons (Fsp3) is 0.462. The first-order valence-corrected chi connectivity index (χ1v) is 7.22. The molecule has 2 atom stereocenters. The highest BCUT2D eigenvalue weighted by Crippen LogP contribution is 2.23. The Hall–Kier alpha value is -1.83. The van der Waals surface area contributed by atoms with Crippen molar-refractivity contribution in [2.75, 3.05) is 19.6 Å². The van der Waals surface area contributed by atoms with Crippen LogP contribution in [0.4, 0.5) is 0 Å². The Morgan fingerprint density at radius 3 is 2.67 bits per heavy atom. The van der Waals surface area contributed by atoms with Gasteiger partial charge in [0.15, 0.2) is 10.4 Å². The van der Waals surface area contributed by atoms with Crippen LogP contribution in [0.5, 0.6) is 0 Å². The van der Waals surface area contributed by atoms with Crippen molar-refractivity contribution in [1.82, 2.24) is 10.2 Å². The molecule has 1 aromatic heterocycles. The van der Waals surface area contributed by atoms with Gasteiger partial charge in [-0.3, -0.25) is 14.4 Å². The number of carboxylic acids is 1. The highest BCUT2D eigenvalue weighted by Gasteiger charge is 2.36. The minimum atomic E-state index is -0.901. The van der Waals surface area contributed by atoms with Crippen molar-refractivity contribution < 1.29 is 23.9 Å². The third kappa shape index (κ3) is 3.63. The van der Waals surface area contributed by atoms with Crippen LogP contribution in [-0.4, -0.2) is 47.4 Å². The van der Waals surface area contributed by atoms with Gasteiger partial charge in [-0.1, -0.05) is 6.92 Å². The molecule has 0 bridgehead atoms. The predicted molar refractivity (Wildman–Crippen MR) is 75.6 cm³/mol. The number of rotatable bonds is 4. The predicted octanol–water partition coefficient (Wildman–Crippen LogP) is 0.951. The van der Waals surface area contributed by atoms with Crippen molar-refractivity contribution in [1.29, 1.82) is 0 Å². The lowest BCUT2D eigenvalue weighted by Gasteiger charge is -2.15. The van der Waals surface area contributed by atoms with Crippen LogP contribution in [0.1, 0.15) is 17.5 Å². The summed E-state index contributed by atoms with van der Waals surface area (Å²) in [6.45, 7) is 2.18. The maximum Gasteiger partial charge on any atom is 0.308 e. The lowest BCUT2D eigenvalue weighted by molar-refractivity contribution is -0.142. The quantitative estimate of drug-likeness (QED) is 0.834. The number of hydrogen-bond donors (Lipinski definition) is 2. The van der Waals surface area contributed by atoms with Gasteiger partial charge < -0.3 is 19.7 Å². The molecule has 0 unspecified atom stereocenters. The zero-order valence-electron chi connectivity index (χ0n) is 11.3. The van der Waals surface area contributed by atoms with Gasteiger partial charge in [0.05, 0.1) is 12.5 Å². The summed E-state index contributed by atoms with van der Waals surface area (Å²) in [5.74, 6) is -2.23. The number of carbonyl (C=O) groups is 3. The third-order valence-corrected chi connectivity index (χ3v) is 3.91. The van der Waals surface area contributed by atoms with E-state index in [-0.39, 0.29) is 30.7 Å². The maximum absolute atomic E-state index is 12.0. The zero-order chi connectivity index (χ0) is 15.6. The molecule has 2 N–H and O–H groups in total. The Bertz CT molecular complexity index is 571. The molecule has 0 saturated carbocycles. The van der Waals surface area contributed by atoms with Crippen LogP contribution in [-0.2, 0) is 9.59 Å². The molecule has 1 aliphatic heterocycles. The van der Waals surface area contributed by atoms with Gasteiger partial charge in [0.2, 0.25) is 5.91 Å². The molecule has 1 fully saturated rings. The zero-order valence-corrected chi connectivity index (χ0v) is 12.9. The summed E-state index contributed by atoms with van der Waals surface area (Å²) in [6, 6.07) is 3.07. The highest BCUT2D eigenvalue weighted by atomic mass is 79.9. The second-order valence-corrected chi connectivity index (χ2v) is 5.79. The van der Waals surface area contributed by atoms with E-state index >= 15 is 0 Å². The topological polar surface area (TPSA) is 99.9 Å². The Balaban J connectivity index is 1.85. The number of hydrogen-bond acceptors (Lipinski definition) is 4. The molecule has 21 heavy (non-hydrogen) atoms. The summed E-state index contributed by atoms with van der Waals surface area (Å²) in [6.07, 6.45) is 0. The van der Waals surface area contributed by atoms with Gasteiger partial charge in [0, 0.05) is 13.1 Å². The Labute approximate surface area is 129 Å². The SMILES string of the molecule is C[C@@H]1CN(C(=O)CNC(=O)c2ccc(Br)o2)C[C@H]1C(=O)O. The Kier molecular flexibility index (Phi) is 4.66. The van der Waals surface area contributed by atoms with Gasteiger partial charge >= 0.3 is 5.97 Å². The smallest absolute Gasteiger partial charge is 0.308 e. The van der Waals surface area contributed by atoms with E-state index in [1.165, 1.54) is 11.0 Å². The molecular weight excluding hydrogens is 344 g/mol. The van der Waals surface area contributed by atoms with E-state index in [0.29, 0.717) is 11.2 Å². The summed E-state index contributed by atoms with van der Waals surface area (Å²) >= 11 is 3.08. The molecular formula is C13H15BrN2O5. The van der Waals surface area contributed by atoms with E-state index in [0.717, 1.165) is 0 Å². The van der Waals surface area contributed by atoms with Gasteiger partial charge in [-0.2, -0.15) is 0 Å². The minimum absolute atomic E-state index is 0.0943. The van der Waals surface area contributed by atoms with Gasteiger partial charge in [0.25, 0.3) is 5.91 Å². The number of nitrogens with zero attached hydrogens (tertiary/aromatic N) is 1. The number of amides is 2. The van der Waals surface area contributed by atoms with Gasteiger partial charge in [-0.05, 0) is 34.0 Å². The number of likely N-dealkylation sites (tertiary alicyclic amines) is 1. The first-order chi connectivity index (χ1) is 9.88. The maximum atomic E-state index is 12.0. The van der Waals surface area contributed by atoms with Crippen molar-refractivity contribution >= 4 is 33.7 Å². The van der Waals surface area contributed by atoms with E-state index in [1.54, 1.807) is 13.0 Å². The van der Waals surface area contributed by atoms with Crippen LogP contribution in [0.2, 0.25) is 0 Å². The average Bonchev–Trinajstić information content (AvgIpc) is 3.01. The number of carbonyl (C=O) groups excluding carboxylic acids is 2. The summed E-state index contributed by atoms with van der Waals surface area (Å²) in [5, 5.41) is 11.5. The fourth-order valence-electron chi connectivity index (χ4n) is 2.28. The number of furan rings is 1. The van der Waals surface area contributed by atoms with E-state index in [9.17, 15) is 14.4 Å². The van der Waals surface area contributed by atoms with Crippen LogP contribution in [0.15, 0.2) is 21.2 Å². The molecule has 1 aliphatic rings. The number of carboxylic acid groups (broad SMARTS) is 1. The largest absolute Gasteiger partial charge is 0.481 e. The monoisotopic (exact) mass is 358 g/mol. The molecule has 0 radical (unpaired) electrons. The summed E-state index contributed by atoms with van der Waals surface area (Å²) in [5.41, 5.74) is 0. The molecule has 2 amide bonds. The molecule has 114 valence electrons. The summed E-state index contributed by atoms with van der Waals surface area (Å²) in [7, 11) is 0. The molecule has 2 heterocycles. The van der Waals surface area contributed by atoms with Gasteiger partial charge in [-0.25, -0.2) is 0 Å². The molecule has 1 aromatic rings. The second kappa shape index (κ2) is 6.30.